The van der Waals surface area contributed by atoms with Gasteiger partial charge in [0.15, 0.2) is 6.61 Å². The third-order valence-corrected chi connectivity index (χ3v) is 4.93. The van der Waals surface area contributed by atoms with Crippen LogP contribution >= 0.6 is 0 Å². The lowest BCUT2D eigenvalue weighted by Crippen LogP contribution is -2.29. The molecule has 0 N–H and O–H groups in total. The minimum Gasteiger partial charge on any atom is -0.485 e. The van der Waals surface area contributed by atoms with E-state index in [9.17, 15) is 4.79 Å². The zero-order valence-electron chi connectivity index (χ0n) is 14.2. The molecule has 1 amide bonds. The Balaban J connectivity index is 1.41. The predicted molar refractivity (Wildman–Crippen MR) is 91.1 cm³/mol. The van der Waals surface area contributed by atoms with Crippen LogP contribution in [0, 0.1) is 18.8 Å². The highest BCUT2D eigenvalue weighted by molar-refractivity contribution is 5.94. The van der Waals surface area contributed by atoms with E-state index in [4.69, 9.17) is 9.26 Å². The summed E-state index contributed by atoms with van der Waals surface area (Å²) in [6.07, 6.45) is 6.65. The summed E-state index contributed by atoms with van der Waals surface area (Å²) in [5, 5.41) is 3.80. The number of carbonyl (C=O) groups is 1. The number of carbonyl (C=O) groups excluding carboxylic acids is 1. The van der Waals surface area contributed by atoms with Crippen LogP contribution in [-0.4, -0.2) is 34.0 Å². The smallest absolute Gasteiger partial charge is 0.254 e. The second kappa shape index (κ2) is 6.70. The van der Waals surface area contributed by atoms with E-state index in [1.54, 1.807) is 13.0 Å². The predicted octanol–water partition coefficient (Wildman–Crippen LogP) is 3.00. The van der Waals surface area contributed by atoms with Gasteiger partial charge in [0.2, 0.25) is 11.7 Å². The summed E-state index contributed by atoms with van der Waals surface area (Å²) in [4.78, 5) is 18.9. The van der Waals surface area contributed by atoms with Gasteiger partial charge >= 0.3 is 0 Å². The molecule has 25 heavy (non-hydrogen) atoms. The molecular formula is C19H21N3O3. The molecule has 1 aliphatic heterocycles. The number of likely N-dealkylation sites (tertiary alicyclic amines) is 1. The third kappa shape index (κ3) is 3.43. The van der Waals surface area contributed by atoms with Crippen molar-refractivity contribution in [3.63, 3.8) is 0 Å². The van der Waals surface area contributed by atoms with E-state index in [2.05, 4.69) is 22.3 Å². The first kappa shape index (κ1) is 15.9. The number of allylic oxidation sites excluding steroid dienone is 2. The van der Waals surface area contributed by atoms with E-state index in [0.29, 0.717) is 34.9 Å². The van der Waals surface area contributed by atoms with Gasteiger partial charge in [-0.25, -0.2) is 0 Å². The van der Waals surface area contributed by atoms with Crippen LogP contribution in [0.25, 0.3) is 0 Å². The highest BCUT2D eigenvalue weighted by Crippen LogP contribution is 2.33. The van der Waals surface area contributed by atoms with Crippen LogP contribution in [0.1, 0.15) is 34.9 Å². The Labute approximate surface area is 146 Å². The van der Waals surface area contributed by atoms with E-state index >= 15 is 0 Å². The number of benzene rings is 1. The first-order valence-electron chi connectivity index (χ1n) is 8.65. The van der Waals surface area contributed by atoms with Crippen LogP contribution in [0.15, 0.2) is 40.9 Å². The van der Waals surface area contributed by atoms with Gasteiger partial charge < -0.3 is 14.2 Å². The van der Waals surface area contributed by atoms with Gasteiger partial charge in [-0.3, -0.25) is 4.79 Å². The molecule has 1 aromatic carbocycles. The molecule has 1 saturated heterocycles. The molecule has 2 atom stereocenters. The van der Waals surface area contributed by atoms with Gasteiger partial charge in [-0.05, 0) is 42.9 Å². The summed E-state index contributed by atoms with van der Waals surface area (Å²) in [7, 11) is 0. The number of aromatic nitrogens is 2. The van der Waals surface area contributed by atoms with Crippen molar-refractivity contribution >= 4 is 5.91 Å². The molecule has 4 rings (SSSR count). The van der Waals surface area contributed by atoms with E-state index in [1.165, 1.54) is 0 Å². The number of hydrogen-bond acceptors (Lipinski definition) is 5. The van der Waals surface area contributed by atoms with Crippen molar-refractivity contribution < 1.29 is 14.1 Å². The number of rotatable bonds is 4. The van der Waals surface area contributed by atoms with Crippen LogP contribution < -0.4 is 4.74 Å². The molecule has 0 radical (unpaired) electrons. The number of nitrogens with zero attached hydrogens (tertiary/aromatic N) is 3. The molecule has 6 heteroatoms. The van der Waals surface area contributed by atoms with Gasteiger partial charge in [0.25, 0.3) is 5.91 Å². The number of ether oxygens (including phenoxy) is 1. The first-order chi connectivity index (χ1) is 12.2. The first-order valence-corrected chi connectivity index (χ1v) is 8.65. The summed E-state index contributed by atoms with van der Waals surface area (Å²) in [6, 6.07) is 7.30. The fourth-order valence-electron chi connectivity index (χ4n) is 3.63. The number of hydrogen-bond donors (Lipinski definition) is 0. The molecule has 0 unspecified atom stereocenters. The van der Waals surface area contributed by atoms with Crippen molar-refractivity contribution in [1.82, 2.24) is 15.0 Å². The molecule has 130 valence electrons. The molecule has 1 aromatic heterocycles. The number of fused-ring (bicyclic) bond motifs is 1. The maximum absolute atomic E-state index is 12.8. The van der Waals surface area contributed by atoms with Gasteiger partial charge in [0, 0.05) is 25.6 Å². The Morgan fingerprint density at radius 2 is 2.04 bits per heavy atom. The Hall–Kier alpha value is -2.63. The van der Waals surface area contributed by atoms with Gasteiger partial charge in [-0.15, -0.1) is 0 Å². The Kier molecular flexibility index (Phi) is 4.26. The zero-order chi connectivity index (χ0) is 17.2. The van der Waals surface area contributed by atoms with Gasteiger partial charge in [-0.2, -0.15) is 4.98 Å². The quantitative estimate of drug-likeness (QED) is 0.801. The van der Waals surface area contributed by atoms with Gasteiger partial charge in [-0.1, -0.05) is 23.4 Å². The molecule has 1 fully saturated rings. The fourth-order valence-corrected chi connectivity index (χ4v) is 3.63. The summed E-state index contributed by atoms with van der Waals surface area (Å²) in [5.41, 5.74) is 0.661. The zero-order valence-corrected chi connectivity index (χ0v) is 14.2. The van der Waals surface area contributed by atoms with E-state index in [-0.39, 0.29) is 12.5 Å². The van der Waals surface area contributed by atoms with Crippen molar-refractivity contribution in [2.45, 2.75) is 26.4 Å². The normalized spacial score (nSPS) is 22.0. The lowest BCUT2D eigenvalue weighted by atomic mass is 9.86. The van der Waals surface area contributed by atoms with Crippen molar-refractivity contribution in [2.75, 3.05) is 13.1 Å². The van der Waals surface area contributed by atoms with E-state index in [0.717, 1.165) is 25.9 Å². The fraction of sp³-hybridized carbons (Fsp3) is 0.421. The number of amides is 1. The van der Waals surface area contributed by atoms with E-state index in [1.807, 2.05) is 23.1 Å². The summed E-state index contributed by atoms with van der Waals surface area (Å²) >= 11 is 0. The minimum absolute atomic E-state index is 0.0789. The van der Waals surface area contributed by atoms with Crippen LogP contribution in [0.2, 0.25) is 0 Å². The molecule has 2 heterocycles. The standard InChI is InChI=1S/C19H21N3O3/c1-13-20-18(21-25-13)12-24-17-8-4-7-14(9-17)19(23)22-10-15-5-2-3-6-16(15)11-22/h2-4,7-9,15-16H,5-6,10-12H2,1H3/t15-,16+. The highest BCUT2D eigenvalue weighted by atomic mass is 16.5. The average Bonchev–Trinajstić information content (AvgIpc) is 3.25. The Morgan fingerprint density at radius 1 is 1.28 bits per heavy atom. The molecule has 0 spiro atoms. The molecule has 2 aromatic rings. The van der Waals surface area contributed by atoms with Crippen molar-refractivity contribution in [3.05, 3.63) is 53.7 Å². The number of aryl methyl sites for hydroxylation is 1. The van der Waals surface area contributed by atoms with Crippen molar-refractivity contribution in [1.29, 1.82) is 0 Å². The van der Waals surface area contributed by atoms with Crippen LogP contribution in [-0.2, 0) is 6.61 Å². The Morgan fingerprint density at radius 3 is 2.72 bits per heavy atom. The average molecular weight is 339 g/mol. The molecule has 0 saturated carbocycles. The minimum atomic E-state index is 0.0789. The molecule has 1 aliphatic carbocycles. The van der Waals surface area contributed by atoms with Crippen LogP contribution in [0.5, 0.6) is 5.75 Å². The maximum Gasteiger partial charge on any atom is 0.254 e. The van der Waals surface area contributed by atoms with Crippen molar-refractivity contribution in [2.24, 2.45) is 11.8 Å². The monoisotopic (exact) mass is 339 g/mol. The topological polar surface area (TPSA) is 68.5 Å². The lowest BCUT2D eigenvalue weighted by molar-refractivity contribution is 0.0783. The second-order valence-corrected chi connectivity index (χ2v) is 6.72. The van der Waals surface area contributed by atoms with Crippen LogP contribution in [0.4, 0.5) is 0 Å². The summed E-state index contributed by atoms with van der Waals surface area (Å²) in [5.74, 6) is 2.92. The Bertz CT molecular complexity index is 783. The SMILES string of the molecule is Cc1nc(COc2cccc(C(=O)N3C[C@H]4CC=CC[C@H]4C3)c2)no1. The molecule has 2 aliphatic rings. The summed E-state index contributed by atoms with van der Waals surface area (Å²) < 4.78 is 10.6. The lowest BCUT2D eigenvalue weighted by Gasteiger charge is -2.17. The maximum atomic E-state index is 12.8. The molecular weight excluding hydrogens is 318 g/mol. The molecule has 0 bridgehead atoms. The third-order valence-electron chi connectivity index (χ3n) is 4.93. The largest absolute Gasteiger partial charge is 0.485 e. The van der Waals surface area contributed by atoms with Crippen molar-refractivity contribution in [3.8, 4) is 5.75 Å². The molecule has 6 nitrogen and oxygen atoms in total. The second-order valence-electron chi connectivity index (χ2n) is 6.72. The highest BCUT2D eigenvalue weighted by Gasteiger charge is 2.35. The summed E-state index contributed by atoms with van der Waals surface area (Å²) in [6.45, 7) is 3.65. The van der Waals surface area contributed by atoms with Crippen LogP contribution in [0.3, 0.4) is 0 Å². The van der Waals surface area contributed by atoms with Gasteiger partial charge in [0.05, 0.1) is 0 Å². The van der Waals surface area contributed by atoms with E-state index < -0.39 is 0 Å². The van der Waals surface area contributed by atoms with Gasteiger partial charge in [0.1, 0.15) is 5.75 Å².